The zero-order chi connectivity index (χ0) is 17.1. The van der Waals surface area contributed by atoms with Crippen LogP contribution in [-0.2, 0) is 9.53 Å². The molecule has 0 radical (unpaired) electrons. The van der Waals surface area contributed by atoms with Crippen LogP contribution in [0.15, 0.2) is 0 Å². The van der Waals surface area contributed by atoms with E-state index in [0.717, 1.165) is 17.3 Å². The van der Waals surface area contributed by atoms with Gasteiger partial charge >= 0.3 is 5.97 Å². The van der Waals surface area contributed by atoms with E-state index in [4.69, 9.17) is 4.74 Å². The second-order valence-corrected chi connectivity index (χ2v) is 8.06. The Morgan fingerprint density at radius 3 is 1.74 bits per heavy atom. The fourth-order valence-corrected chi connectivity index (χ4v) is 2.10. The molecule has 3 nitrogen and oxygen atoms in total. The van der Waals surface area contributed by atoms with E-state index in [1.54, 1.807) is 0 Å². The Bertz CT molecular complexity index is 298. The number of unbranched alkanes of at least 4 members (excludes halogenated alkanes) is 8. The second-order valence-electron chi connectivity index (χ2n) is 8.06. The lowest BCUT2D eigenvalue weighted by molar-refractivity contribution is -0.919. The van der Waals surface area contributed by atoms with Crippen molar-refractivity contribution in [2.24, 2.45) is 0 Å². The zero-order valence-electron chi connectivity index (χ0n) is 16.4. The molecule has 0 spiro atoms. The van der Waals surface area contributed by atoms with Gasteiger partial charge in [-0.15, -0.1) is 0 Å². The van der Waals surface area contributed by atoms with Gasteiger partial charge in [0, 0.05) is 6.42 Å². The highest BCUT2D eigenvalue weighted by molar-refractivity contribution is 5.69. The van der Waals surface area contributed by atoms with Crippen molar-refractivity contribution in [1.29, 1.82) is 0 Å². The number of hydrogen-bond donors (Lipinski definition) is 0. The third-order valence-electron chi connectivity index (χ3n) is 4.89. The fourth-order valence-electron chi connectivity index (χ4n) is 2.10. The molecule has 0 fully saturated rings. The van der Waals surface area contributed by atoms with Crippen molar-refractivity contribution >= 4 is 5.97 Å². The molecular weight excluding hydrogens is 401 g/mol. The summed E-state index contributed by atoms with van der Waals surface area (Å²) in [7, 11) is 6.40. The minimum Gasteiger partial charge on any atom is -1.00 e. The van der Waals surface area contributed by atoms with Crippen LogP contribution in [0, 0.1) is 0 Å². The van der Waals surface area contributed by atoms with Gasteiger partial charge < -0.3 is 33.2 Å². The Morgan fingerprint density at radius 2 is 1.30 bits per heavy atom. The van der Waals surface area contributed by atoms with Crippen LogP contribution in [0.5, 0.6) is 0 Å². The number of nitrogens with zero attached hydrogens (tertiary/aromatic N) is 1. The Kier molecular flexibility index (Phi) is 14.9. The monoisotopic (exact) mass is 441 g/mol. The number of hydrogen-bond acceptors (Lipinski definition) is 2. The van der Waals surface area contributed by atoms with Crippen molar-refractivity contribution in [2.75, 3.05) is 27.7 Å². The lowest BCUT2D eigenvalue weighted by Crippen LogP contribution is -3.00. The first-order chi connectivity index (χ1) is 10.2. The van der Waals surface area contributed by atoms with Crippen molar-refractivity contribution in [1.82, 2.24) is 0 Å². The van der Waals surface area contributed by atoms with Crippen molar-refractivity contribution in [3.63, 3.8) is 0 Å². The molecule has 0 aromatic heterocycles. The molecule has 0 aliphatic heterocycles. The number of esters is 1. The van der Waals surface area contributed by atoms with E-state index in [-0.39, 0.29) is 35.5 Å². The van der Waals surface area contributed by atoms with Crippen LogP contribution in [0.2, 0.25) is 0 Å². The first-order valence-electron chi connectivity index (χ1n) is 9.18. The zero-order valence-corrected chi connectivity index (χ0v) is 18.6. The van der Waals surface area contributed by atoms with Crippen LogP contribution < -0.4 is 24.0 Å². The van der Waals surface area contributed by atoms with Gasteiger partial charge in [-0.1, -0.05) is 58.3 Å². The summed E-state index contributed by atoms with van der Waals surface area (Å²) in [6.07, 6.45) is 12.0. The summed E-state index contributed by atoms with van der Waals surface area (Å²) < 4.78 is 6.24. The summed E-state index contributed by atoms with van der Waals surface area (Å²) in [4.78, 5) is 11.8. The standard InChI is InChI=1S/C19H40NO2.HI/c1-7-8-9-10-11-12-13-14-15-16-18(21)22-17-19(2,3)20(4,5)6;/h7-17H2,1-6H3;1H/q+1;/p-1. The summed E-state index contributed by atoms with van der Waals surface area (Å²) in [5.74, 6) is -0.0375. The topological polar surface area (TPSA) is 26.3 Å². The highest BCUT2D eigenvalue weighted by atomic mass is 127. The maximum Gasteiger partial charge on any atom is 0.306 e. The van der Waals surface area contributed by atoms with Crippen LogP contribution in [0.3, 0.4) is 0 Å². The van der Waals surface area contributed by atoms with Gasteiger partial charge in [-0.2, -0.15) is 0 Å². The number of quaternary nitrogens is 1. The normalized spacial score (nSPS) is 11.9. The average Bonchev–Trinajstić information content (AvgIpc) is 2.42. The predicted molar refractivity (Wildman–Crippen MR) is 94.9 cm³/mol. The highest BCUT2D eigenvalue weighted by Crippen LogP contribution is 2.18. The molecule has 0 rings (SSSR count). The van der Waals surface area contributed by atoms with E-state index in [1.165, 1.54) is 44.9 Å². The third kappa shape index (κ3) is 13.2. The molecular formula is C19H40INO2. The molecule has 140 valence electrons. The van der Waals surface area contributed by atoms with Gasteiger partial charge in [-0.05, 0) is 20.3 Å². The SMILES string of the molecule is CCCCCCCCCCCC(=O)OCC(C)(C)[N+](C)(C)C.[I-]. The number of carbonyl (C=O) groups is 1. The minimum atomic E-state index is -0.0475. The summed E-state index contributed by atoms with van der Waals surface area (Å²) in [6, 6.07) is 0. The average molecular weight is 441 g/mol. The van der Waals surface area contributed by atoms with Gasteiger partial charge in [-0.3, -0.25) is 4.79 Å². The molecule has 0 amide bonds. The van der Waals surface area contributed by atoms with Gasteiger partial charge in [0.1, 0.15) is 12.1 Å². The van der Waals surface area contributed by atoms with E-state index in [1.807, 2.05) is 0 Å². The summed E-state index contributed by atoms with van der Waals surface area (Å²) in [5.41, 5.74) is -0.0475. The molecule has 0 aliphatic carbocycles. The van der Waals surface area contributed by atoms with Crippen molar-refractivity contribution in [3.8, 4) is 0 Å². The minimum absolute atomic E-state index is 0. The maximum atomic E-state index is 11.8. The Balaban J connectivity index is 0. The van der Waals surface area contributed by atoms with Crippen LogP contribution in [0.1, 0.15) is 85.0 Å². The smallest absolute Gasteiger partial charge is 0.306 e. The molecule has 0 unspecified atom stereocenters. The van der Waals surface area contributed by atoms with Gasteiger partial charge in [0.05, 0.1) is 21.1 Å². The maximum absolute atomic E-state index is 11.8. The Morgan fingerprint density at radius 1 is 0.870 bits per heavy atom. The number of halogens is 1. The molecule has 4 heteroatoms. The summed E-state index contributed by atoms with van der Waals surface area (Å²) >= 11 is 0. The molecule has 0 bridgehead atoms. The largest absolute Gasteiger partial charge is 1.00 e. The number of ether oxygens (including phenoxy) is 1. The molecule has 0 aromatic carbocycles. The Labute approximate surface area is 162 Å². The molecule has 0 saturated heterocycles. The van der Waals surface area contributed by atoms with Crippen LogP contribution in [0.25, 0.3) is 0 Å². The van der Waals surface area contributed by atoms with Crippen LogP contribution in [0.4, 0.5) is 0 Å². The Hall–Kier alpha value is 0.160. The number of likely N-dealkylation sites (N-methyl/N-ethyl adjacent to an activating group) is 1. The van der Waals surface area contributed by atoms with E-state index in [9.17, 15) is 4.79 Å². The van der Waals surface area contributed by atoms with E-state index >= 15 is 0 Å². The number of carbonyl (C=O) groups excluding carboxylic acids is 1. The lowest BCUT2D eigenvalue weighted by Gasteiger charge is -2.40. The van der Waals surface area contributed by atoms with Crippen molar-refractivity contribution in [3.05, 3.63) is 0 Å². The predicted octanol–water partition coefficient (Wildman–Crippen LogP) is 1.94. The molecule has 23 heavy (non-hydrogen) atoms. The van der Waals surface area contributed by atoms with Gasteiger partial charge in [0.15, 0.2) is 0 Å². The van der Waals surface area contributed by atoms with Gasteiger partial charge in [0.2, 0.25) is 0 Å². The molecule has 0 aromatic rings. The fraction of sp³-hybridized carbons (Fsp3) is 0.947. The van der Waals surface area contributed by atoms with E-state index in [2.05, 4.69) is 41.9 Å². The first kappa shape index (κ1) is 25.4. The highest BCUT2D eigenvalue weighted by Gasteiger charge is 2.34. The van der Waals surface area contributed by atoms with E-state index < -0.39 is 0 Å². The van der Waals surface area contributed by atoms with Crippen LogP contribution >= 0.6 is 0 Å². The molecule has 0 N–H and O–H groups in total. The molecule has 0 atom stereocenters. The second kappa shape index (κ2) is 13.5. The van der Waals surface area contributed by atoms with Crippen molar-refractivity contribution < 1.29 is 38.0 Å². The quantitative estimate of drug-likeness (QED) is 0.189. The molecule has 0 saturated carbocycles. The van der Waals surface area contributed by atoms with Gasteiger partial charge in [0.25, 0.3) is 0 Å². The number of rotatable bonds is 13. The summed E-state index contributed by atoms with van der Waals surface area (Å²) in [6.45, 7) is 7.02. The van der Waals surface area contributed by atoms with E-state index in [0.29, 0.717) is 13.0 Å². The van der Waals surface area contributed by atoms with Crippen molar-refractivity contribution in [2.45, 2.75) is 90.5 Å². The van der Waals surface area contributed by atoms with Crippen LogP contribution in [-0.4, -0.2) is 43.7 Å². The molecule has 0 aliphatic rings. The first-order valence-corrected chi connectivity index (χ1v) is 9.18. The molecule has 0 heterocycles. The summed E-state index contributed by atoms with van der Waals surface area (Å²) in [5, 5.41) is 0. The third-order valence-corrected chi connectivity index (χ3v) is 4.89. The van der Waals surface area contributed by atoms with Gasteiger partial charge in [-0.25, -0.2) is 0 Å². The lowest BCUT2D eigenvalue weighted by atomic mass is 10.0.